The number of para-hydroxylation sites is 1. The maximum Gasteiger partial charge on any atom is 0.230 e. The number of hydrogen-bond acceptors (Lipinski definition) is 4. The van der Waals surface area contributed by atoms with E-state index in [1.807, 2.05) is 24.4 Å². The Hall–Kier alpha value is -4.01. The zero-order valence-electron chi connectivity index (χ0n) is 26.9. The monoisotopic (exact) mass is 774 g/mol. The molecule has 0 radical (unpaired) electrons. The summed E-state index contributed by atoms with van der Waals surface area (Å²) in [7, 11) is 0. The number of nitrogens with zero attached hydrogens (tertiary/aromatic N) is 2. The number of fused-ring (bicyclic) bond motifs is 1. The van der Waals surface area contributed by atoms with E-state index < -0.39 is 0 Å². The third kappa shape index (κ3) is 6.67. The minimum atomic E-state index is -0.113. The molecule has 0 amide bonds. The van der Waals surface area contributed by atoms with Crippen molar-refractivity contribution >= 4 is 11.1 Å². The molecule has 2 heterocycles. The second kappa shape index (κ2) is 12.8. The molecule has 0 bridgehead atoms. The molecule has 232 valence electrons. The summed E-state index contributed by atoms with van der Waals surface area (Å²) in [6.45, 7) is 15.5. The number of rotatable bonds is 6. The Kier molecular flexibility index (Phi) is 9.19. The van der Waals surface area contributed by atoms with Crippen molar-refractivity contribution in [3.8, 4) is 50.7 Å². The molecule has 0 spiro atoms. The standard InChI is InChI=1S/C40H39N2O2.Pt/c1-24(2)29-18-30(25(3)4)20-31(19-29)26-15-16-41-35(21-26)28-12-10-11-27(17-28)34-22-32(40(5,6)7)23-37-38(34)42-39(44-37)33-13-8-9-14-36(33)43;/h8-16,18-25,43H,1-7H3;/q-1;. The van der Waals surface area contributed by atoms with E-state index in [0.717, 1.165) is 39.0 Å². The molecule has 0 fully saturated rings. The molecule has 0 saturated carbocycles. The fraction of sp³-hybridized carbons (Fsp3) is 0.250. The quantitative estimate of drug-likeness (QED) is 0.171. The van der Waals surface area contributed by atoms with Crippen LogP contribution in [0.1, 0.15) is 77.0 Å². The Labute approximate surface area is 280 Å². The smallest absolute Gasteiger partial charge is 0.230 e. The molecule has 45 heavy (non-hydrogen) atoms. The van der Waals surface area contributed by atoms with E-state index in [1.165, 1.54) is 16.7 Å². The van der Waals surface area contributed by atoms with Crippen LogP contribution in [0, 0.1) is 6.07 Å². The maximum atomic E-state index is 10.5. The summed E-state index contributed by atoms with van der Waals surface area (Å²) in [5, 5.41) is 10.5. The third-order valence-corrected chi connectivity index (χ3v) is 8.26. The molecule has 2 aromatic heterocycles. The minimum Gasteiger partial charge on any atom is -0.507 e. The first-order valence-electron chi connectivity index (χ1n) is 15.4. The summed E-state index contributed by atoms with van der Waals surface area (Å²) in [6.07, 6.45) is 1.89. The summed E-state index contributed by atoms with van der Waals surface area (Å²) in [4.78, 5) is 9.65. The molecule has 1 N–H and O–H groups in total. The number of aromatic hydroxyl groups is 1. The Bertz CT molecular complexity index is 1960. The van der Waals surface area contributed by atoms with Crippen LogP contribution < -0.4 is 0 Å². The van der Waals surface area contributed by atoms with Crippen LogP contribution in [-0.2, 0) is 26.5 Å². The van der Waals surface area contributed by atoms with Gasteiger partial charge in [0.15, 0.2) is 0 Å². The van der Waals surface area contributed by atoms with Crippen molar-refractivity contribution in [3.63, 3.8) is 0 Å². The van der Waals surface area contributed by atoms with E-state index in [-0.39, 0.29) is 32.2 Å². The van der Waals surface area contributed by atoms with Crippen molar-refractivity contribution in [1.29, 1.82) is 0 Å². The second-order valence-electron chi connectivity index (χ2n) is 13.3. The Morgan fingerprint density at radius 1 is 0.733 bits per heavy atom. The van der Waals surface area contributed by atoms with Crippen molar-refractivity contribution < 1.29 is 30.6 Å². The van der Waals surface area contributed by atoms with Gasteiger partial charge in [0, 0.05) is 33.0 Å². The number of benzene rings is 4. The van der Waals surface area contributed by atoms with Gasteiger partial charge in [0.1, 0.15) is 11.3 Å². The normalized spacial score (nSPS) is 11.8. The van der Waals surface area contributed by atoms with Crippen LogP contribution in [0.5, 0.6) is 5.75 Å². The van der Waals surface area contributed by atoms with E-state index in [0.29, 0.717) is 28.9 Å². The first-order valence-corrected chi connectivity index (χ1v) is 15.4. The molecular formula is C40H39N2O2Pt-. The molecule has 0 aliphatic heterocycles. The molecule has 0 atom stereocenters. The SMILES string of the molecule is CC(C)c1cc(-c2ccnc(-c3[c-]c(-c4cc(C(C)(C)C)cc5oc(-c6ccccc6O)nc45)ccc3)c2)cc(C(C)C)c1.[Pt]. The Morgan fingerprint density at radius 2 is 1.42 bits per heavy atom. The van der Waals surface area contributed by atoms with Gasteiger partial charge in [-0.25, -0.2) is 4.98 Å². The predicted molar refractivity (Wildman–Crippen MR) is 181 cm³/mol. The van der Waals surface area contributed by atoms with Crippen molar-refractivity contribution in [3.05, 3.63) is 114 Å². The van der Waals surface area contributed by atoms with Crippen LogP contribution >= 0.6 is 0 Å². The molecular weight excluding hydrogens is 736 g/mol. The molecule has 4 aromatic carbocycles. The van der Waals surface area contributed by atoms with Gasteiger partial charge in [-0.05, 0) is 69.3 Å². The van der Waals surface area contributed by atoms with Gasteiger partial charge in [0.05, 0.1) is 11.1 Å². The summed E-state index contributed by atoms with van der Waals surface area (Å²) in [6, 6.07) is 32.4. The Morgan fingerprint density at radius 3 is 2.09 bits per heavy atom. The summed E-state index contributed by atoms with van der Waals surface area (Å²) < 4.78 is 6.27. The van der Waals surface area contributed by atoms with Gasteiger partial charge in [-0.2, -0.15) is 0 Å². The first-order chi connectivity index (χ1) is 21.0. The zero-order valence-corrected chi connectivity index (χ0v) is 29.2. The summed E-state index contributed by atoms with van der Waals surface area (Å²) in [5.74, 6) is 1.42. The maximum absolute atomic E-state index is 10.5. The average molecular weight is 775 g/mol. The van der Waals surface area contributed by atoms with E-state index in [2.05, 4.69) is 109 Å². The van der Waals surface area contributed by atoms with Crippen molar-refractivity contribution in [2.45, 2.75) is 65.7 Å². The Balaban J connectivity index is 0.00000400. The van der Waals surface area contributed by atoms with Crippen molar-refractivity contribution in [2.24, 2.45) is 0 Å². The van der Waals surface area contributed by atoms with Gasteiger partial charge in [-0.1, -0.05) is 102 Å². The number of oxazole rings is 1. The average Bonchev–Trinajstić information content (AvgIpc) is 3.44. The number of phenols is 1. The van der Waals surface area contributed by atoms with Crippen LogP contribution in [0.25, 0.3) is 56.1 Å². The number of hydrogen-bond donors (Lipinski definition) is 1. The molecule has 5 heteroatoms. The summed E-state index contributed by atoms with van der Waals surface area (Å²) in [5.41, 5.74) is 11.6. The van der Waals surface area contributed by atoms with Gasteiger partial charge in [-0.3, -0.25) is 4.98 Å². The first kappa shape index (κ1) is 32.4. The molecule has 4 nitrogen and oxygen atoms in total. The summed E-state index contributed by atoms with van der Waals surface area (Å²) >= 11 is 0. The van der Waals surface area contributed by atoms with Crippen LogP contribution in [0.3, 0.4) is 0 Å². The zero-order chi connectivity index (χ0) is 31.2. The predicted octanol–water partition coefficient (Wildman–Crippen LogP) is 10.9. The van der Waals surface area contributed by atoms with E-state index in [4.69, 9.17) is 14.4 Å². The van der Waals surface area contributed by atoms with Crippen molar-refractivity contribution in [2.75, 3.05) is 0 Å². The minimum absolute atomic E-state index is 0. The third-order valence-electron chi connectivity index (χ3n) is 8.26. The van der Waals surface area contributed by atoms with Crippen LogP contribution in [0.2, 0.25) is 0 Å². The fourth-order valence-corrected chi connectivity index (χ4v) is 5.48. The number of pyridine rings is 1. The van der Waals surface area contributed by atoms with E-state index in [9.17, 15) is 5.11 Å². The molecule has 6 rings (SSSR count). The van der Waals surface area contributed by atoms with Gasteiger partial charge in [0.2, 0.25) is 5.89 Å². The van der Waals surface area contributed by atoms with E-state index in [1.54, 1.807) is 12.1 Å². The van der Waals surface area contributed by atoms with E-state index >= 15 is 0 Å². The van der Waals surface area contributed by atoms with Gasteiger partial charge in [-0.15, -0.1) is 29.8 Å². The van der Waals surface area contributed by atoms with Crippen LogP contribution in [0.4, 0.5) is 0 Å². The number of aromatic nitrogens is 2. The molecule has 0 saturated heterocycles. The largest absolute Gasteiger partial charge is 0.507 e. The van der Waals surface area contributed by atoms with Crippen LogP contribution in [-0.4, -0.2) is 15.1 Å². The molecule has 6 aromatic rings. The van der Waals surface area contributed by atoms with Gasteiger partial charge in [0.25, 0.3) is 0 Å². The second-order valence-corrected chi connectivity index (χ2v) is 13.3. The van der Waals surface area contributed by atoms with Gasteiger partial charge < -0.3 is 9.52 Å². The molecule has 0 aliphatic carbocycles. The van der Waals surface area contributed by atoms with Gasteiger partial charge >= 0.3 is 0 Å². The number of phenolic OH excluding ortho intramolecular Hbond substituents is 1. The molecule has 0 unspecified atom stereocenters. The molecule has 0 aliphatic rings. The topological polar surface area (TPSA) is 59.2 Å². The van der Waals surface area contributed by atoms with Crippen LogP contribution in [0.15, 0.2) is 95.5 Å². The van der Waals surface area contributed by atoms with Crippen molar-refractivity contribution in [1.82, 2.24) is 9.97 Å². The fourth-order valence-electron chi connectivity index (χ4n) is 5.48.